The molecule has 0 saturated heterocycles. The number of benzene rings is 2. The molecular weight excluding hydrogens is 434 g/mol. The number of H-pyrrole nitrogens is 1. The predicted molar refractivity (Wildman–Crippen MR) is 129 cm³/mol. The van der Waals surface area contributed by atoms with E-state index >= 15 is 0 Å². The Kier molecular flexibility index (Phi) is 8.67. The summed E-state index contributed by atoms with van der Waals surface area (Å²) in [6, 6.07) is 15.2. The van der Waals surface area contributed by atoms with E-state index in [1.807, 2.05) is 74.6 Å². The van der Waals surface area contributed by atoms with Gasteiger partial charge in [0.2, 0.25) is 5.91 Å². The van der Waals surface area contributed by atoms with Crippen LogP contribution in [0.1, 0.15) is 31.4 Å². The summed E-state index contributed by atoms with van der Waals surface area (Å²) in [5, 5.41) is 6.36. The molecule has 0 fully saturated rings. The zero-order valence-electron chi connectivity index (χ0n) is 19.7. The van der Waals surface area contributed by atoms with Crippen LogP contribution in [0.4, 0.5) is 4.79 Å². The molecule has 2 atom stereocenters. The van der Waals surface area contributed by atoms with Crippen LogP contribution in [0.25, 0.3) is 10.9 Å². The molecule has 3 N–H and O–H groups in total. The van der Waals surface area contributed by atoms with E-state index in [1.54, 1.807) is 0 Å². The normalized spacial score (nSPS) is 12.7. The highest BCUT2D eigenvalue weighted by molar-refractivity contribution is 5.90. The number of para-hydroxylation sites is 1. The molecule has 0 saturated carbocycles. The van der Waals surface area contributed by atoms with Crippen LogP contribution in [0, 0.1) is 5.92 Å². The number of esters is 1. The van der Waals surface area contributed by atoms with Crippen molar-refractivity contribution in [2.75, 3.05) is 7.11 Å². The number of hydrogen-bond acceptors (Lipinski definition) is 5. The van der Waals surface area contributed by atoms with Crippen molar-refractivity contribution in [3.05, 3.63) is 71.9 Å². The summed E-state index contributed by atoms with van der Waals surface area (Å²) in [5.41, 5.74) is 2.65. The van der Waals surface area contributed by atoms with E-state index < -0.39 is 30.1 Å². The van der Waals surface area contributed by atoms with E-state index in [1.165, 1.54) is 7.11 Å². The van der Waals surface area contributed by atoms with Crippen LogP contribution in [0.15, 0.2) is 60.8 Å². The summed E-state index contributed by atoms with van der Waals surface area (Å²) in [4.78, 5) is 41.1. The smallest absolute Gasteiger partial charge is 0.408 e. The van der Waals surface area contributed by atoms with Crippen molar-refractivity contribution in [2.24, 2.45) is 5.92 Å². The lowest BCUT2D eigenvalue weighted by Crippen LogP contribution is -2.53. The summed E-state index contributed by atoms with van der Waals surface area (Å²) in [6.07, 6.45) is 1.75. The lowest BCUT2D eigenvalue weighted by molar-refractivity contribution is -0.145. The molecule has 0 aliphatic carbocycles. The fourth-order valence-electron chi connectivity index (χ4n) is 3.74. The number of carbonyl (C=O) groups is 3. The first-order valence-electron chi connectivity index (χ1n) is 11.3. The van der Waals surface area contributed by atoms with E-state index in [0.717, 1.165) is 22.0 Å². The Labute approximate surface area is 199 Å². The van der Waals surface area contributed by atoms with Crippen molar-refractivity contribution in [3.8, 4) is 0 Å². The highest BCUT2D eigenvalue weighted by atomic mass is 16.5. The first-order valence-corrected chi connectivity index (χ1v) is 11.3. The molecule has 1 aromatic heterocycles. The van der Waals surface area contributed by atoms with Crippen LogP contribution >= 0.6 is 0 Å². The molecule has 2 amide bonds. The average molecular weight is 466 g/mol. The number of rotatable bonds is 10. The zero-order valence-corrected chi connectivity index (χ0v) is 19.7. The van der Waals surface area contributed by atoms with Crippen LogP contribution in [0.2, 0.25) is 0 Å². The summed E-state index contributed by atoms with van der Waals surface area (Å²) < 4.78 is 10.2. The zero-order chi connectivity index (χ0) is 24.5. The summed E-state index contributed by atoms with van der Waals surface area (Å²) in [5.74, 6) is -0.912. The number of alkyl carbamates (subject to hydrolysis) is 1. The molecule has 2 aromatic carbocycles. The van der Waals surface area contributed by atoms with Crippen LogP contribution in [0.3, 0.4) is 0 Å². The number of carbonyl (C=O) groups excluding carboxylic acids is 3. The van der Waals surface area contributed by atoms with Gasteiger partial charge in [-0.05, 0) is 29.5 Å². The second-order valence-electron chi connectivity index (χ2n) is 8.54. The van der Waals surface area contributed by atoms with Crippen LogP contribution in [-0.2, 0) is 32.1 Å². The van der Waals surface area contributed by atoms with Gasteiger partial charge in [0, 0.05) is 23.5 Å². The summed E-state index contributed by atoms with van der Waals surface area (Å²) in [7, 11) is 1.28. The van der Waals surface area contributed by atoms with Crippen molar-refractivity contribution in [1.82, 2.24) is 15.6 Å². The van der Waals surface area contributed by atoms with Gasteiger partial charge in [-0.3, -0.25) is 4.79 Å². The van der Waals surface area contributed by atoms with Crippen molar-refractivity contribution in [1.29, 1.82) is 0 Å². The minimum Gasteiger partial charge on any atom is -0.467 e. The summed E-state index contributed by atoms with van der Waals surface area (Å²) >= 11 is 0. The first kappa shape index (κ1) is 24.8. The monoisotopic (exact) mass is 465 g/mol. The van der Waals surface area contributed by atoms with Crippen LogP contribution in [0.5, 0.6) is 0 Å². The molecule has 8 nitrogen and oxygen atoms in total. The Balaban J connectivity index is 1.68. The maximum absolute atomic E-state index is 13.1. The minimum absolute atomic E-state index is 0.0913. The maximum atomic E-state index is 13.1. The average Bonchev–Trinajstić information content (AvgIpc) is 3.24. The molecule has 0 aliphatic rings. The third-order valence-electron chi connectivity index (χ3n) is 5.43. The molecule has 34 heavy (non-hydrogen) atoms. The molecule has 0 unspecified atom stereocenters. The van der Waals surface area contributed by atoms with Crippen molar-refractivity contribution < 1.29 is 23.9 Å². The molecule has 3 aromatic rings. The number of methoxy groups -OCH3 is 1. The van der Waals surface area contributed by atoms with E-state index in [2.05, 4.69) is 15.6 Å². The largest absolute Gasteiger partial charge is 0.467 e. The maximum Gasteiger partial charge on any atom is 0.408 e. The number of hydrogen-bond donors (Lipinski definition) is 3. The van der Waals surface area contributed by atoms with Crippen molar-refractivity contribution >= 4 is 28.9 Å². The van der Waals surface area contributed by atoms with Gasteiger partial charge in [-0.2, -0.15) is 0 Å². The number of aromatic amines is 1. The third kappa shape index (κ3) is 6.84. The SMILES string of the molecule is COC(=O)[C@H](Cc1c[nH]c2ccccc12)NC(=O)[C@@H](CC(C)C)NC(=O)OCc1ccccc1. The highest BCUT2D eigenvalue weighted by Gasteiger charge is 2.29. The topological polar surface area (TPSA) is 110 Å². The van der Waals surface area contributed by atoms with E-state index in [0.29, 0.717) is 6.42 Å². The molecule has 1 heterocycles. The Morgan fingerprint density at radius 3 is 2.35 bits per heavy atom. The molecule has 0 radical (unpaired) electrons. The standard InChI is InChI=1S/C26H31N3O5/c1-17(2)13-22(29-26(32)34-16-18-9-5-4-6-10-18)24(30)28-23(25(31)33-3)14-19-15-27-21-12-8-7-11-20(19)21/h4-12,15,17,22-23,27H,13-14,16H2,1-3H3,(H,28,30)(H,29,32)/t22-,23+/m1/s1. The summed E-state index contributed by atoms with van der Waals surface area (Å²) in [6.45, 7) is 3.98. The van der Waals surface area contributed by atoms with Gasteiger partial charge >= 0.3 is 12.1 Å². The van der Waals surface area contributed by atoms with Gasteiger partial charge in [-0.15, -0.1) is 0 Å². The molecule has 0 spiro atoms. The quantitative estimate of drug-likeness (QED) is 0.396. The van der Waals surface area contributed by atoms with E-state index in [-0.39, 0.29) is 18.9 Å². The van der Waals surface area contributed by atoms with Gasteiger partial charge in [0.15, 0.2) is 0 Å². The molecule has 8 heteroatoms. The van der Waals surface area contributed by atoms with Gasteiger partial charge in [0.1, 0.15) is 18.7 Å². The molecule has 3 rings (SSSR count). The Bertz CT molecular complexity index is 1110. The van der Waals surface area contributed by atoms with Gasteiger partial charge < -0.3 is 25.1 Å². The van der Waals surface area contributed by atoms with Gasteiger partial charge in [0.25, 0.3) is 0 Å². The number of amides is 2. The number of aromatic nitrogens is 1. The fraction of sp³-hybridized carbons (Fsp3) is 0.346. The third-order valence-corrected chi connectivity index (χ3v) is 5.43. The number of fused-ring (bicyclic) bond motifs is 1. The predicted octanol–water partition coefficient (Wildman–Crippen LogP) is 3.71. The van der Waals surface area contributed by atoms with Crippen molar-refractivity contribution in [3.63, 3.8) is 0 Å². The lowest BCUT2D eigenvalue weighted by atomic mass is 10.0. The van der Waals surface area contributed by atoms with Crippen molar-refractivity contribution in [2.45, 2.75) is 45.4 Å². The molecular formula is C26H31N3O5. The van der Waals surface area contributed by atoms with Gasteiger partial charge in [-0.25, -0.2) is 9.59 Å². The Hall–Kier alpha value is -3.81. The second-order valence-corrected chi connectivity index (χ2v) is 8.54. The van der Waals surface area contributed by atoms with E-state index in [9.17, 15) is 14.4 Å². The fourth-order valence-corrected chi connectivity index (χ4v) is 3.74. The Morgan fingerprint density at radius 1 is 0.941 bits per heavy atom. The first-order chi connectivity index (χ1) is 16.4. The van der Waals surface area contributed by atoms with Gasteiger partial charge in [-0.1, -0.05) is 62.4 Å². The van der Waals surface area contributed by atoms with Crippen LogP contribution < -0.4 is 10.6 Å². The number of nitrogens with one attached hydrogen (secondary N) is 3. The Morgan fingerprint density at radius 2 is 1.65 bits per heavy atom. The van der Waals surface area contributed by atoms with E-state index in [4.69, 9.17) is 9.47 Å². The molecule has 0 aliphatic heterocycles. The number of ether oxygens (including phenoxy) is 2. The van der Waals surface area contributed by atoms with Crippen LogP contribution in [-0.4, -0.2) is 42.1 Å². The molecule has 180 valence electrons. The minimum atomic E-state index is -0.909. The lowest BCUT2D eigenvalue weighted by Gasteiger charge is -2.23. The molecule has 0 bridgehead atoms. The van der Waals surface area contributed by atoms with Gasteiger partial charge in [0.05, 0.1) is 7.11 Å². The second kappa shape index (κ2) is 11.9. The highest BCUT2D eigenvalue weighted by Crippen LogP contribution is 2.19.